The summed E-state index contributed by atoms with van der Waals surface area (Å²) in [4.78, 5) is 0. The first-order chi connectivity index (χ1) is 17.9. The quantitative estimate of drug-likeness (QED) is 0.234. The molecule has 3 nitrogen and oxygen atoms in total. The zero-order valence-corrected chi connectivity index (χ0v) is 22.0. The fraction of sp³-hybridized carbons (Fsp3) is 0.206. The lowest BCUT2D eigenvalue weighted by Gasteiger charge is -2.11. The highest BCUT2D eigenvalue weighted by Crippen LogP contribution is 2.42. The maximum Gasteiger partial charge on any atom is 0.224 e. The van der Waals surface area contributed by atoms with Gasteiger partial charge in [0, 0.05) is 33.0 Å². The molecule has 7 rings (SSSR count). The SMILES string of the molecule is Cc1cc2c(oc3ccccc32)c(-c2c3ccc4c(oc5cccc(CC(C)C)c54)c3cc[n+]2C)c1C. The van der Waals surface area contributed by atoms with E-state index in [9.17, 15) is 0 Å². The first-order valence-corrected chi connectivity index (χ1v) is 13.1. The third-order valence-electron chi connectivity index (χ3n) is 7.92. The molecule has 0 radical (unpaired) electrons. The molecule has 0 fully saturated rings. The summed E-state index contributed by atoms with van der Waals surface area (Å²) in [6, 6.07) is 23.7. The van der Waals surface area contributed by atoms with Crippen LogP contribution in [-0.2, 0) is 13.5 Å². The van der Waals surface area contributed by atoms with Gasteiger partial charge in [0.1, 0.15) is 29.4 Å². The summed E-state index contributed by atoms with van der Waals surface area (Å²) < 4.78 is 15.3. The van der Waals surface area contributed by atoms with Crippen molar-refractivity contribution in [1.82, 2.24) is 0 Å². The van der Waals surface area contributed by atoms with E-state index >= 15 is 0 Å². The van der Waals surface area contributed by atoms with Gasteiger partial charge in [-0.05, 0) is 73.2 Å². The summed E-state index contributed by atoms with van der Waals surface area (Å²) in [6.45, 7) is 8.93. The van der Waals surface area contributed by atoms with Crippen molar-refractivity contribution in [3.8, 4) is 11.3 Å². The number of furan rings is 2. The molecule has 0 aliphatic carbocycles. The Balaban J connectivity index is 1.60. The van der Waals surface area contributed by atoms with Crippen LogP contribution in [-0.4, -0.2) is 0 Å². The Hall–Kier alpha value is -4.11. The number of benzene rings is 4. The summed E-state index contributed by atoms with van der Waals surface area (Å²) in [5.74, 6) is 0.581. The van der Waals surface area contributed by atoms with Crippen molar-refractivity contribution < 1.29 is 13.4 Å². The Kier molecular flexibility index (Phi) is 4.75. The lowest BCUT2D eigenvalue weighted by Crippen LogP contribution is -2.30. The van der Waals surface area contributed by atoms with Crippen molar-refractivity contribution in [2.45, 2.75) is 34.1 Å². The highest BCUT2D eigenvalue weighted by atomic mass is 16.3. The van der Waals surface area contributed by atoms with Crippen molar-refractivity contribution in [2.24, 2.45) is 13.0 Å². The van der Waals surface area contributed by atoms with E-state index < -0.39 is 0 Å². The molecular formula is C34H30NO2+. The fourth-order valence-electron chi connectivity index (χ4n) is 6.10. The number of pyridine rings is 1. The van der Waals surface area contributed by atoms with E-state index in [0.29, 0.717) is 5.92 Å². The molecule has 4 aromatic carbocycles. The molecule has 37 heavy (non-hydrogen) atoms. The van der Waals surface area contributed by atoms with Crippen molar-refractivity contribution in [1.29, 1.82) is 0 Å². The largest absolute Gasteiger partial charge is 0.455 e. The average molecular weight is 485 g/mol. The molecule has 3 aromatic heterocycles. The van der Waals surface area contributed by atoms with Crippen LogP contribution >= 0.6 is 0 Å². The summed E-state index contributed by atoms with van der Waals surface area (Å²) >= 11 is 0. The second-order valence-corrected chi connectivity index (χ2v) is 10.8. The normalized spacial score (nSPS) is 12.3. The van der Waals surface area contributed by atoms with Gasteiger partial charge in [0.15, 0.2) is 6.20 Å². The molecule has 0 atom stereocenters. The average Bonchev–Trinajstić information content (AvgIpc) is 3.44. The maximum atomic E-state index is 6.58. The predicted octanol–water partition coefficient (Wildman–Crippen LogP) is 8.95. The minimum Gasteiger partial charge on any atom is -0.455 e. The van der Waals surface area contributed by atoms with E-state index in [1.54, 1.807) is 0 Å². The van der Waals surface area contributed by atoms with Crippen molar-refractivity contribution >= 4 is 54.6 Å². The minimum absolute atomic E-state index is 0.581. The van der Waals surface area contributed by atoms with Crippen LogP contribution in [0.25, 0.3) is 65.9 Å². The van der Waals surface area contributed by atoms with Gasteiger partial charge < -0.3 is 8.83 Å². The summed E-state index contributed by atoms with van der Waals surface area (Å²) in [6.07, 6.45) is 3.18. The number of nitrogens with zero attached hydrogens (tertiary/aromatic N) is 1. The number of hydrogen-bond donors (Lipinski definition) is 0. The van der Waals surface area contributed by atoms with Gasteiger partial charge in [-0.1, -0.05) is 44.2 Å². The molecule has 0 amide bonds. The summed E-state index contributed by atoms with van der Waals surface area (Å²) in [5.41, 5.74) is 9.92. The molecule has 0 spiro atoms. The van der Waals surface area contributed by atoms with Gasteiger partial charge in [-0.15, -0.1) is 0 Å². The van der Waals surface area contributed by atoms with E-state index in [2.05, 4.69) is 106 Å². The Morgan fingerprint density at radius 1 is 0.730 bits per heavy atom. The number of fused-ring (bicyclic) bond motifs is 8. The summed E-state index contributed by atoms with van der Waals surface area (Å²) in [5, 5.41) is 7.04. The molecule has 7 aromatic rings. The van der Waals surface area contributed by atoms with E-state index in [0.717, 1.165) is 61.6 Å². The Morgan fingerprint density at radius 2 is 1.49 bits per heavy atom. The second-order valence-electron chi connectivity index (χ2n) is 10.8. The Bertz CT molecular complexity index is 2020. The number of para-hydroxylation sites is 1. The van der Waals surface area contributed by atoms with Gasteiger partial charge in [-0.3, -0.25) is 0 Å². The van der Waals surface area contributed by atoms with Gasteiger partial charge in [-0.25, -0.2) is 4.57 Å². The molecule has 0 aliphatic rings. The first-order valence-electron chi connectivity index (χ1n) is 13.1. The predicted molar refractivity (Wildman–Crippen MR) is 153 cm³/mol. The van der Waals surface area contributed by atoms with Crippen LogP contribution in [0.15, 0.2) is 81.8 Å². The van der Waals surface area contributed by atoms with Gasteiger partial charge in [0.05, 0.1) is 10.9 Å². The third-order valence-corrected chi connectivity index (χ3v) is 7.92. The molecule has 3 heteroatoms. The molecule has 3 heterocycles. The van der Waals surface area contributed by atoms with Crippen LogP contribution in [0.4, 0.5) is 0 Å². The van der Waals surface area contributed by atoms with Crippen LogP contribution < -0.4 is 4.57 Å². The molecule has 0 aliphatic heterocycles. The zero-order chi connectivity index (χ0) is 25.4. The van der Waals surface area contributed by atoms with Gasteiger partial charge >= 0.3 is 0 Å². The molecule has 0 unspecified atom stereocenters. The van der Waals surface area contributed by atoms with Gasteiger partial charge in [0.25, 0.3) is 0 Å². The fourth-order valence-corrected chi connectivity index (χ4v) is 6.10. The topological polar surface area (TPSA) is 30.2 Å². The minimum atomic E-state index is 0.581. The number of aryl methyl sites for hydroxylation is 2. The molecule has 0 saturated carbocycles. The van der Waals surface area contributed by atoms with Crippen LogP contribution in [0.5, 0.6) is 0 Å². The molecule has 0 saturated heterocycles. The first kappa shape index (κ1) is 22.1. The third kappa shape index (κ3) is 3.16. The second kappa shape index (κ2) is 7.94. The monoisotopic (exact) mass is 484 g/mol. The number of rotatable bonds is 3. The number of aromatic nitrogens is 1. The number of hydrogen-bond acceptors (Lipinski definition) is 2. The summed E-state index contributed by atoms with van der Waals surface area (Å²) in [7, 11) is 2.12. The van der Waals surface area contributed by atoms with Crippen molar-refractivity contribution in [2.75, 3.05) is 0 Å². The van der Waals surface area contributed by atoms with Crippen LogP contribution in [0.2, 0.25) is 0 Å². The Morgan fingerprint density at radius 3 is 2.32 bits per heavy atom. The van der Waals surface area contributed by atoms with Crippen LogP contribution in [0.3, 0.4) is 0 Å². The van der Waals surface area contributed by atoms with Crippen molar-refractivity contribution in [3.63, 3.8) is 0 Å². The maximum absolute atomic E-state index is 6.58. The van der Waals surface area contributed by atoms with E-state index in [1.165, 1.54) is 27.5 Å². The van der Waals surface area contributed by atoms with E-state index in [-0.39, 0.29) is 0 Å². The van der Waals surface area contributed by atoms with Crippen LogP contribution in [0.1, 0.15) is 30.5 Å². The van der Waals surface area contributed by atoms with Gasteiger partial charge in [0.2, 0.25) is 5.69 Å². The standard InChI is InChI=1S/C34H30NO2/c1-19(2)17-22-9-8-12-29-31(22)26-14-13-24-25(33(26)37-29)15-16-35(5)32(24)30-21(4)20(3)18-27-23-10-6-7-11-28(23)36-34(27)30/h6-16,18-19H,17H2,1-5H3/q+1. The molecular weight excluding hydrogens is 454 g/mol. The smallest absolute Gasteiger partial charge is 0.224 e. The lowest BCUT2D eigenvalue weighted by molar-refractivity contribution is -0.659. The lowest BCUT2D eigenvalue weighted by atomic mass is 9.93. The molecule has 0 bridgehead atoms. The van der Waals surface area contributed by atoms with E-state index in [4.69, 9.17) is 8.83 Å². The van der Waals surface area contributed by atoms with E-state index in [1.807, 2.05) is 6.07 Å². The van der Waals surface area contributed by atoms with Gasteiger partial charge in [-0.2, -0.15) is 0 Å². The van der Waals surface area contributed by atoms with Crippen LogP contribution in [0, 0.1) is 19.8 Å². The molecule has 0 N–H and O–H groups in total. The zero-order valence-electron chi connectivity index (χ0n) is 22.0. The highest BCUT2D eigenvalue weighted by molar-refractivity contribution is 6.19. The Labute approximate surface area is 215 Å². The highest BCUT2D eigenvalue weighted by Gasteiger charge is 2.26. The molecule has 182 valence electrons. The van der Waals surface area contributed by atoms with Crippen molar-refractivity contribution in [3.05, 3.63) is 89.6 Å².